The quantitative estimate of drug-likeness (QED) is 0.891. The molecular weight excluding hydrogens is 318 g/mol. The van der Waals surface area contributed by atoms with Gasteiger partial charge in [0.1, 0.15) is 5.75 Å². The van der Waals surface area contributed by atoms with Gasteiger partial charge in [-0.25, -0.2) is 0 Å². The lowest BCUT2D eigenvalue weighted by molar-refractivity contribution is 0.0930. The first-order valence-corrected chi connectivity index (χ1v) is 8.14. The van der Waals surface area contributed by atoms with Gasteiger partial charge in [-0.1, -0.05) is 32.1 Å². The molecule has 3 nitrogen and oxygen atoms in total. The number of hydrogen-bond acceptors (Lipinski definition) is 2. The van der Waals surface area contributed by atoms with Crippen molar-refractivity contribution in [2.24, 2.45) is 0 Å². The molecule has 0 aromatic heterocycles. The van der Waals surface area contributed by atoms with Crippen molar-refractivity contribution in [1.82, 2.24) is 5.32 Å². The summed E-state index contributed by atoms with van der Waals surface area (Å²) in [5.74, 6) is 0.756. The molecule has 1 N–H and O–H groups in total. The molecule has 1 fully saturated rings. The minimum atomic E-state index is 0.0129. The van der Waals surface area contributed by atoms with Crippen molar-refractivity contribution in [2.75, 3.05) is 7.11 Å². The number of ether oxygens (including phenoxy) is 1. The SMILES string of the molecule is COc1ccc(C(=O)NC2CCCCCCC2)cc1Br. The van der Waals surface area contributed by atoms with Gasteiger partial charge in [-0.3, -0.25) is 4.79 Å². The molecule has 1 amide bonds. The van der Waals surface area contributed by atoms with Crippen LogP contribution in [0.25, 0.3) is 0 Å². The molecule has 0 radical (unpaired) electrons. The van der Waals surface area contributed by atoms with Gasteiger partial charge >= 0.3 is 0 Å². The maximum atomic E-state index is 12.3. The van der Waals surface area contributed by atoms with Crippen molar-refractivity contribution < 1.29 is 9.53 Å². The number of rotatable bonds is 3. The van der Waals surface area contributed by atoms with Crippen molar-refractivity contribution >= 4 is 21.8 Å². The lowest BCUT2D eigenvalue weighted by Gasteiger charge is -2.21. The third-order valence-electron chi connectivity index (χ3n) is 3.85. The van der Waals surface area contributed by atoms with Crippen LogP contribution in [-0.4, -0.2) is 19.1 Å². The van der Waals surface area contributed by atoms with E-state index in [0.29, 0.717) is 11.6 Å². The Hall–Kier alpha value is -1.03. The van der Waals surface area contributed by atoms with E-state index in [0.717, 1.165) is 23.1 Å². The molecule has 110 valence electrons. The summed E-state index contributed by atoms with van der Waals surface area (Å²) < 4.78 is 5.99. The zero-order valence-electron chi connectivity index (χ0n) is 12.0. The predicted octanol–water partition coefficient (Wildman–Crippen LogP) is 4.30. The lowest BCUT2D eigenvalue weighted by Crippen LogP contribution is -2.35. The van der Waals surface area contributed by atoms with Crippen LogP contribution in [0.4, 0.5) is 0 Å². The fourth-order valence-corrected chi connectivity index (χ4v) is 3.22. The van der Waals surface area contributed by atoms with Crippen LogP contribution in [-0.2, 0) is 0 Å². The van der Waals surface area contributed by atoms with Gasteiger partial charge in [0.15, 0.2) is 0 Å². The number of hydrogen-bond donors (Lipinski definition) is 1. The number of nitrogens with one attached hydrogen (secondary N) is 1. The van der Waals surface area contributed by atoms with Crippen molar-refractivity contribution in [1.29, 1.82) is 0 Å². The molecule has 0 aliphatic heterocycles. The van der Waals surface area contributed by atoms with Crippen molar-refractivity contribution in [3.05, 3.63) is 28.2 Å². The van der Waals surface area contributed by atoms with Crippen LogP contribution < -0.4 is 10.1 Å². The Morgan fingerprint density at radius 1 is 1.20 bits per heavy atom. The molecule has 0 unspecified atom stereocenters. The number of amides is 1. The summed E-state index contributed by atoms with van der Waals surface area (Å²) in [6, 6.07) is 5.76. The molecule has 0 bridgehead atoms. The normalized spacial score (nSPS) is 17.1. The number of benzene rings is 1. The molecule has 1 aliphatic rings. The van der Waals surface area contributed by atoms with Gasteiger partial charge in [0.2, 0.25) is 0 Å². The van der Waals surface area contributed by atoms with Crippen molar-refractivity contribution in [3.63, 3.8) is 0 Å². The van der Waals surface area contributed by atoms with E-state index in [1.807, 2.05) is 18.2 Å². The Bertz CT molecular complexity index is 454. The fraction of sp³-hybridized carbons (Fsp3) is 0.562. The van der Waals surface area contributed by atoms with Crippen LogP contribution >= 0.6 is 15.9 Å². The van der Waals surface area contributed by atoms with E-state index in [9.17, 15) is 4.79 Å². The zero-order chi connectivity index (χ0) is 14.4. The first-order valence-electron chi connectivity index (χ1n) is 7.35. The van der Waals surface area contributed by atoms with Crippen molar-refractivity contribution in [2.45, 2.75) is 51.0 Å². The second-order valence-corrected chi connectivity index (χ2v) is 6.22. The van der Waals surface area contributed by atoms with E-state index in [4.69, 9.17) is 4.74 Å². The molecule has 1 aromatic rings. The topological polar surface area (TPSA) is 38.3 Å². The van der Waals surface area contributed by atoms with Gasteiger partial charge in [0, 0.05) is 11.6 Å². The van der Waals surface area contributed by atoms with Crippen LogP contribution in [0.5, 0.6) is 5.75 Å². The van der Waals surface area contributed by atoms with E-state index in [-0.39, 0.29) is 5.91 Å². The largest absolute Gasteiger partial charge is 0.496 e. The molecule has 0 spiro atoms. The summed E-state index contributed by atoms with van der Waals surface area (Å²) in [5.41, 5.74) is 0.680. The molecule has 2 rings (SSSR count). The van der Waals surface area contributed by atoms with Crippen LogP contribution in [0.2, 0.25) is 0 Å². The van der Waals surface area contributed by atoms with Gasteiger partial charge in [-0.2, -0.15) is 0 Å². The number of halogens is 1. The second kappa shape index (κ2) is 7.67. The highest BCUT2D eigenvalue weighted by molar-refractivity contribution is 9.10. The molecule has 20 heavy (non-hydrogen) atoms. The fourth-order valence-electron chi connectivity index (χ4n) is 2.68. The van der Waals surface area contributed by atoms with Crippen LogP contribution in [0.3, 0.4) is 0 Å². The molecular formula is C16H22BrNO2. The first-order chi connectivity index (χ1) is 9.70. The Labute approximate surface area is 129 Å². The summed E-state index contributed by atoms with van der Waals surface area (Å²) in [4.78, 5) is 12.3. The molecule has 1 saturated carbocycles. The summed E-state index contributed by atoms with van der Waals surface area (Å²) in [6.45, 7) is 0. The minimum absolute atomic E-state index is 0.0129. The molecule has 4 heteroatoms. The van der Waals surface area contributed by atoms with Gasteiger partial charge in [0.05, 0.1) is 11.6 Å². The Morgan fingerprint density at radius 3 is 2.45 bits per heavy atom. The molecule has 0 atom stereocenters. The standard InChI is InChI=1S/C16H22BrNO2/c1-20-15-10-9-12(11-14(15)17)16(19)18-13-7-5-3-2-4-6-8-13/h9-11,13H,2-8H2,1H3,(H,18,19). The summed E-state index contributed by atoms with van der Waals surface area (Å²) >= 11 is 3.42. The average Bonchev–Trinajstić information content (AvgIpc) is 2.41. The van der Waals surface area contributed by atoms with E-state index < -0.39 is 0 Å². The highest BCUT2D eigenvalue weighted by Crippen LogP contribution is 2.25. The third kappa shape index (κ3) is 4.23. The van der Waals surface area contributed by atoms with E-state index >= 15 is 0 Å². The van der Waals surface area contributed by atoms with E-state index in [1.165, 1.54) is 32.1 Å². The number of carbonyl (C=O) groups excluding carboxylic acids is 1. The predicted molar refractivity (Wildman–Crippen MR) is 84.3 cm³/mol. The summed E-state index contributed by atoms with van der Waals surface area (Å²) in [5, 5.41) is 3.17. The van der Waals surface area contributed by atoms with Crippen molar-refractivity contribution in [3.8, 4) is 5.75 Å². The number of carbonyl (C=O) groups is 1. The lowest BCUT2D eigenvalue weighted by atomic mass is 9.96. The first kappa shape index (κ1) is 15.4. The van der Waals surface area contributed by atoms with Gasteiger partial charge in [-0.15, -0.1) is 0 Å². The van der Waals surface area contributed by atoms with Crippen LogP contribution in [0.1, 0.15) is 55.3 Å². The molecule has 1 aliphatic carbocycles. The zero-order valence-corrected chi connectivity index (χ0v) is 13.5. The smallest absolute Gasteiger partial charge is 0.251 e. The van der Waals surface area contributed by atoms with Crippen LogP contribution in [0.15, 0.2) is 22.7 Å². The van der Waals surface area contributed by atoms with Crippen LogP contribution in [0, 0.1) is 0 Å². The Balaban J connectivity index is 1.98. The number of methoxy groups -OCH3 is 1. The highest BCUT2D eigenvalue weighted by Gasteiger charge is 2.16. The van der Waals surface area contributed by atoms with Gasteiger partial charge in [-0.05, 0) is 47.0 Å². The minimum Gasteiger partial charge on any atom is -0.496 e. The third-order valence-corrected chi connectivity index (χ3v) is 4.47. The van der Waals surface area contributed by atoms with Gasteiger partial charge < -0.3 is 10.1 Å². The van der Waals surface area contributed by atoms with E-state index in [1.54, 1.807) is 7.11 Å². The highest BCUT2D eigenvalue weighted by atomic mass is 79.9. The molecule has 0 heterocycles. The maximum absolute atomic E-state index is 12.3. The molecule has 1 aromatic carbocycles. The Morgan fingerprint density at radius 2 is 1.85 bits per heavy atom. The monoisotopic (exact) mass is 339 g/mol. The second-order valence-electron chi connectivity index (χ2n) is 5.36. The summed E-state index contributed by atoms with van der Waals surface area (Å²) in [6.07, 6.45) is 8.56. The summed E-state index contributed by atoms with van der Waals surface area (Å²) in [7, 11) is 1.62. The maximum Gasteiger partial charge on any atom is 0.251 e. The molecule has 0 saturated heterocycles. The Kier molecular flexibility index (Phi) is 5.89. The van der Waals surface area contributed by atoms with Gasteiger partial charge in [0.25, 0.3) is 5.91 Å². The van der Waals surface area contributed by atoms with E-state index in [2.05, 4.69) is 21.2 Å². The average molecular weight is 340 g/mol.